The third-order valence-electron chi connectivity index (χ3n) is 1.48. The first-order valence-corrected chi connectivity index (χ1v) is 6.19. The molecule has 0 fully saturated rings. The Morgan fingerprint density at radius 3 is 1.69 bits per heavy atom. The summed E-state index contributed by atoms with van der Waals surface area (Å²) in [4.78, 5) is 0. The molecular formula is C6Br2F2N2Se. The fourth-order valence-corrected chi connectivity index (χ4v) is 3.48. The van der Waals surface area contributed by atoms with Crippen molar-refractivity contribution in [2.45, 2.75) is 0 Å². The van der Waals surface area contributed by atoms with Gasteiger partial charge in [0.05, 0.1) is 0 Å². The van der Waals surface area contributed by atoms with Gasteiger partial charge in [-0.25, -0.2) is 0 Å². The summed E-state index contributed by atoms with van der Waals surface area (Å²) < 4.78 is 34.2. The summed E-state index contributed by atoms with van der Waals surface area (Å²) in [6, 6.07) is 0. The fraction of sp³-hybridized carbons (Fsp3) is 0. The third-order valence-corrected chi connectivity index (χ3v) is 4.04. The summed E-state index contributed by atoms with van der Waals surface area (Å²) in [5.74, 6) is -1.86. The summed E-state index contributed by atoms with van der Waals surface area (Å²) in [7, 11) is 0. The molecule has 0 saturated carbocycles. The SMILES string of the molecule is Fc1c(F)c(Br)c2n[se]nc2c1Br. The van der Waals surface area contributed by atoms with Crippen molar-refractivity contribution in [3.8, 4) is 0 Å². The number of nitrogens with zero attached hydrogens (tertiary/aromatic N) is 2. The predicted molar refractivity (Wildman–Crippen MR) is 51.8 cm³/mol. The van der Waals surface area contributed by atoms with E-state index in [0.29, 0.717) is 11.0 Å². The van der Waals surface area contributed by atoms with Crippen molar-refractivity contribution in [3.05, 3.63) is 20.6 Å². The Morgan fingerprint density at radius 1 is 0.923 bits per heavy atom. The van der Waals surface area contributed by atoms with Gasteiger partial charge in [0.15, 0.2) is 0 Å². The van der Waals surface area contributed by atoms with E-state index in [0.717, 1.165) is 0 Å². The average molecular weight is 377 g/mol. The van der Waals surface area contributed by atoms with E-state index in [9.17, 15) is 8.78 Å². The molecular weight excluding hydrogens is 377 g/mol. The van der Waals surface area contributed by atoms with E-state index in [4.69, 9.17) is 0 Å². The van der Waals surface area contributed by atoms with Crippen LogP contribution in [0.3, 0.4) is 0 Å². The van der Waals surface area contributed by atoms with Crippen molar-refractivity contribution >= 4 is 57.9 Å². The fourth-order valence-electron chi connectivity index (χ4n) is 0.877. The van der Waals surface area contributed by atoms with E-state index in [1.165, 1.54) is 0 Å². The molecule has 0 atom stereocenters. The Labute approximate surface area is 94.8 Å². The van der Waals surface area contributed by atoms with Gasteiger partial charge in [-0.15, -0.1) is 0 Å². The van der Waals surface area contributed by atoms with Crippen LogP contribution in [0.15, 0.2) is 8.95 Å². The van der Waals surface area contributed by atoms with Crippen LogP contribution in [0.4, 0.5) is 8.78 Å². The molecule has 2 aromatic rings. The maximum absolute atomic E-state index is 13.1. The molecule has 1 aromatic heterocycles. The number of hydrogen-bond acceptors (Lipinski definition) is 2. The van der Waals surface area contributed by atoms with Crippen LogP contribution in [0.5, 0.6) is 0 Å². The Hall–Kier alpha value is 0.159. The first-order chi connectivity index (χ1) is 6.13. The average Bonchev–Trinajstić information content (AvgIpc) is 2.59. The van der Waals surface area contributed by atoms with Gasteiger partial charge >= 0.3 is 95.2 Å². The molecule has 1 heterocycles. The van der Waals surface area contributed by atoms with Gasteiger partial charge in [0.25, 0.3) is 0 Å². The molecule has 2 rings (SSSR count). The van der Waals surface area contributed by atoms with Crippen LogP contribution in [-0.4, -0.2) is 22.9 Å². The van der Waals surface area contributed by atoms with Crippen LogP contribution in [-0.2, 0) is 0 Å². The molecule has 0 aliphatic rings. The molecule has 0 radical (unpaired) electrons. The Bertz CT molecular complexity index is 443. The number of rotatable bonds is 0. The number of fused-ring (bicyclic) bond motifs is 1. The third kappa shape index (κ3) is 1.38. The molecule has 0 amide bonds. The van der Waals surface area contributed by atoms with Crippen molar-refractivity contribution in [1.29, 1.82) is 0 Å². The van der Waals surface area contributed by atoms with Gasteiger partial charge in [0.1, 0.15) is 0 Å². The van der Waals surface area contributed by atoms with Gasteiger partial charge in [0.2, 0.25) is 0 Å². The number of benzene rings is 1. The quantitative estimate of drug-likeness (QED) is 0.401. The van der Waals surface area contributed by atoms with Crippen LogP contribution in [0.25, 0.3) is 11.0 Å². The summed E-state index contributed by atoms with van der Waals surface area (Å²) in [6.45, 7) is 0. The van der Waals surface area contributed by atoms with Crippen LogP contribution in [0, 0.1) is 11.6 Å². The van der Waals surface area contributed by atoms with Gasteiger partial charge in [-0.3, -0.25) is 0 Å². The minimum atomic E-state index is -0.928. The van der Waals surface area contributed by atoms with E-state index in [1.807, 2.05) is 0 Å². The predicted octanol–water partition coefficient (Wildman–Crippen LogP) is 2.49. The van der Waals surface area contributed by atoms with Crippen LogP contribution >= 0.6 is 31.9 Å². The zero-order valence-electron chi connectivity index (χ0n) is 5.81. The Balaban J connectivity index is 3.02. The second-order valence-corrected chi connectivity index (χ2v) is 4.91. The van der Waals surface area contributed by atoms with E-state index in [2.05, 4.69) is 39.8 Å². The molecule has 0 saturated heterocycles. The van der Waals surface area contributed by atoms with E-state index in [1.54, 1.807) is 0 Å². The molecule has 2 nitrogen and oxygen atoms in total. The molecule has 0 bridgehead atoms. The molecule has 68 valence electrons. The monoisotopic (exact) mass is 376 g/mol. The second kappa shape index (κ2) is 3.38. The zero-order chi connectivity index (χ0) is 9.59. The molecule has 13 heavy (non-hydrogen) atoms. The van der Waals surface area contributed by atoms with E-state index in [-0.39, 0.29) is 23.9 Å². The number of aromatic nitrogens is 2. The number of hydrogen-bond donors (Lipinski definition) is 0. The van der Waals surface area contributed by atoms with Crippen molar-refractivity contribution in [2.75, 3.05) is 0 Å². The molecule has 1 aromatic carbocycles. The second-order valence-electron chi connectivity index (χ2n) is 2.22. The molecule has 0 unspecified atom stereocenters. The number of halogens is 4. The summed E-state index contributed by atoms with van der Waals surface area (Å²) in [5, 5.41) is 0. The molecule has 0 aliphatic heterocycles. The molecule has 7 heteroatoms. The van der Waals surface area contributed by atoms with Crippen molar-refractivity contribution in [2.24, 2.45) is 0 Å². The Kier molecular flexibility index (Phi) is 2.52. The van der Waals surface area contributed by atoms with E-state index >= 15 is 0 Å². The van der Waals surface area contributed by atoms with Gasteiger partial charge in [0, 0.05) is 0 Å². The Morgan fingerprint density at radius 2 is 1.31 bits per heavy atom. The van der Waals surface area contributed by atoms with Gasteiger partial charge < -0.3 is 0 Å². The van der Waals surface area contributed by atoms with Gasteiger partial charge in [-0.2, -0.15) is 0 Å². The first-order valence-electron chi connectivity index (χ1n) is 3.07. The standard InChI is InChI=1S/C6Br2F2N2Se/c7-1-3(9)4(10)2(8)6-5(1)11-13-12-6. The zero-order valence-corrected chi connectivity index (χ0v) is 10.7. The van der Waals surface area contributed by atoms with Crippen LogP contribution in [0.2, 0.25) is 0 Å². The topological polar surface area (TPSA) is 25.8 Å². The first kappa shape index (κ1) is 9.70. The summed E-state index contributed by atoms with van der Waals surface area (Å²) >= 11 is 5.58. The summed E-state index contributed by atoms with van der Waals surface area (Å²) in [6.07, 6.45) is 0. The summed E-state index contributed by atoms with van der Waals surface area (Å²) in [5.41, 5.74) is 0.788. The van der Waals surface area contributed by atoms with Gasteiger partial charge in [-0.1, -0.05) is 0 Å². The maximum atomic E-state index is 13.1. The van der Waals surface area contributed by atoms with E-state index < -0.39 is 11.6 Å². The molecule has 0 N–H and O–H groups in total. The van der Waals surface area contributed by atoms with Crippen molar-refractivity contribution in [1.82, 2.24) is 7.96 Å². The van der Waals surface area contributed by atoms with Crippen LogP contribution in [0.1, 0.15) is 0 Å². The van der Waals surface area contributed by atoms with Crippen LogP contribution < -0.4 is 0 Å². The normalized spacial score (nSPS) is 11.1. The molecule has 0 aliphatic carbocycles. The minimum absolute atomic E-state index is 0.0475. The van der Waals surface area contributed by atoms with Crippen molar-refractivity contribution in [3.63, 3.8) is 0 Å². The van der Waals surface area contributed by atoms with Gasteiger partial charge in [-0.05, 0) is 0 Å². The molecule has 0 spiro atoms. The van der Waals surface area contributed by atoms with Crippen molar-refractivity contribution < 1.29 is 8.78 Å².